The maximum absolute atomic E-state index is 12.8. The zero-order chi connectivity index (χ0) is 18.2. The number of alkyl halides is 3. The van der Waals surface area contributed by atoms with Crippen molar-refractivity contribution in [3.05, 3.63) is 35.4 Å². The number of benzene rings is 1. The second-order valence-corrected chi connectivity index (χ2v) is 8.38. The number of hydrogen-bond donors (Lipinski definition) is 2. The van der Waals surface area contributed by atoms with Crippen LogP contribution in [0.15, 0.2) is 24.3 Å². The van der Waals surface area contributed by atoms with E-state index in [4.69, 9.17) is 12.2 Å². The normalized spacial score (nSPS) is 26.9. The van der Waals surface area contributed by atoms with Gasteiger partial charge in [0, 0.05) is 12.1 Å². The van der Waals surface area contributed by atoms with Crippen LogP contribution >= 0.6 is 12.2 Å². The van der Waals surface area contributed by atoms with E-state index in [1.165, 1.54) is 6.07 Å². The number of rotatable bonds is 3. The summed E-state index contributed by atoms with van der Waals surface area (Å²) in [5.41, 5.74) is -0.456. The van der Waals surface area contributed by atoms with Crippen LogP contribution in [-0.4, -0.2) is 22.7 Å². The van der Waals surface area contributed by atoms with E-state index in [1.807, 2.05) is 0 Å². The third kappa shape index (κ3) is 4.93. The lowest BCUT2D eigenvalue weighted by molar-refractivity contribution is -0.137. The Morgan fingerprint density at radius 2 is 1.96 bits per heavy atom. The standard InChI is InChI=1S/C18H24F3NOS/c1-16(2)8-14(23)9-17(3,10-16)11-22-15(24)12-5-4-6-13(7-12)18(19,20)21/h4-7,14,23H,8-11H2,1-3H3,(H,22,24)/t14-,17-/m0/s1. The van der Waals surface area contributed by atoms with Crippen LogP contribution in [0.2, 0.25) is 0 Å². The van der Waals surface area contributed by atoms with Gasteiger partial charge < -0.3 is 10.4 Å². The topological polar surface area (TPSA) is 32.3 Å². The van der Waals surface area contributed by atoms with Gasteiger partial charge in [-0.05, 0) is 42.2 Å². The number of halogens is 3. The van der Waals surface area contributed by atoms with Crippen molar-refractivity contribution in [2.24, 2.45) is 10.8 Å². The molecule has 1 fully saturated rings. The molecule has 0 amide bonds. The molecule has 0 heterocycles. The Kier molecular flexibility index (Phi) is 5.31. The molecule has 24 heavy (non-hydrogen) atoms. The first-order chi connectivity index (χ1) is 10.9. The molecule has 0 aliphatic heterocycles. The summed E-state index contributed by atoms with van der Waals surface area (Å²) >= 11 is 5.27. The van der Waals surface area contributed by atoms with E-state index in [0.29, 0.717) is 23.5 Å². The molecule has 2 nitrogen and oxygen atoms in total. The molecule has 2 rings (SSSR count). The summed E-state index contributed by atoms with van der Waals surface area (Å²) in [4.78, 5) is 0.306. The van der Waals surface area contributed by atoms with Crippen molar-refractivity contribution in [3.8, 4) is 0 Å². The van der Waals surface area contributed by atoms with Gasteiger partial charge in [-0.3, -0.25) is 0 Å². The number of thiocarbonyl (C=S) groups is 1. The van der Waals surface area contributed by atoms with Gasteiger partial charge in [-0.15, -0.1) is 0 Å². The molecule has 134 valence electrons. The Bertz CT molecular complexity index is 615. The predicted molar refractivity (Wildman–Crippen MR) is 92.9 cm³/mol. The van der Waals surface area contributed by atoms with E-state index >= 15 is 0 Å². The third-order valence-corrected chi connectivity index (χ3v) is 4.93. The summed E-state index contributed by atoms with van der Waals surface area (Å²) in [6.07, 6.45) is -2.39. The average molecular weight is 359 g/mol. The fraction of sp³-hybridized carbons (Fsp3) is 0.611. The molecular weight excluding hydrogens is 335 g/mol. The molecule has 1 aromatic rings. The molecule has 1 saturated carbocycles. The number of nitrogens with one attached hydrogen (secondary N) is 1. The second-order valence-electron chi connectivity index (χ2n) is 7.97. The Labute approximate surface area is 146 Å². The van der Waals surface area contributed by atoms with Crippen molar-refractivity contribution in [1.82, 2.24) is 5.32 Å². The molecule has 1 aromatic carbocycles. The van der Waals surface area contributed by atoms with E-state index in [9.17, 15) is 18.3 Å². The highest BCUT2D eigenvalue weighted by molar-refractivity contribution is 7.80. The zero-order valence-corrected chi connectivity index (χ0v) is 15.0. The van der Waals surface area contributed by atoms with Gasteiger partial charge in [0.1, 0.15) is 4.99 Å². The minimum Gasteiger partial charge on any atom is -0.393 e. The average Bonchev–Trinajstić information content (AvgIpc) is 2.41. The summed E-state index contributed by atoms with van der Waals surface area (Å²) in [5, 5.41) is 13.2. The summed E-state index contributed by atoms with van der Waals surface area (Å²) in [7, 11) is 0. The second kappa shape index (κ2) is 6.64. The molecule has 0 unspecified atom stereocenters. The molecular formula is C18H24F3NOS. The fourth-order valence-electron chi connectivity index (χ4n) is 3.95. The van der Waals surface area contributed by atoms with Crippen molar-refractivity contribution in [1.29, 1.82) is 0 Å². The van der Waals surface area contributed by atoms with Gasteiger partial charge in [0.25, 0.3) is 0 Å². The van der Waals surface area contributed by atoms with E-state index in [2.05, 4.69) is 26.1 Å². The van der Waals surface area contributed by atoms with Gasteiger partial charge in [0.2, 0.25) is 0 Å². The summed E-state index contributed by atoms with van der Waals surface area (Å²) in [6.45, 7) is 6.86. The summed E-state index contributed by atoms with van der Waals surface area (Å²) < 4.78 is 38.4. The molecule has 0 bridgehead atoms. The van der Waals surface area contributed by atoms with Crippen molar-refractivity contribution in [2.45, 2.75) is 52.3 Å². The first-order valence-electron chi connectivity index (χ1n) is 8.04. The summed E-state index contributed by atoms with van der Waals surface area (Å²) in [5.74, 6) is 0. The van der Waals surface area contributed by atoms with Crippen LogP contribution < -0.4 is 5.32 Å². The molecule has 0 radical (unpaired) electrons. The summed E-state index contributed by atoms with van der Waals surface area (Å²) in [6, 6.07) is 5.04. The lowest BCUT2D eigenvalue weighted by Crippen LogP contribution is -2.45. The molecule has 1 aliphatic carbocycles. The van der Waals surface area contributed by atoms with Crippen LogP contribution in [0.1, 0.15) is 51.2 Å². The van der Waals surface area contributed by atoms with Gasteiger partial charge >= 0.3 is 6.18 Å². The van der Waals surface area contributed by atoms with Gasteiger partial charge in [-0.2, -0.15) is 13.2 Å². The maximum Gasteiger partial charge on any atom is 0.416 e. The Morgan fingerprint density at radius 3 is 2.54 bits per heavy atom. The van der Waals surface area contributed by atoms with Crippen molar-refractivity contribution >= 4 is 17.2 Å². The smallest absolute Gasteiger partial charge is 0.393 e. The van der Waals surface area contributed by atoms with Crippen LogP contribution in [0.3, 0.4) is 0 Å². The van der Waals surface area contributed by atoms with E-state index in [-0.39, 0.29) is 16.9 Å². The SMILES string of the molecule is CC1(C)C[C@H](O)C[C@](C)(CNC(=S)c2cccc(C(F)(F)F)c2)C1. The quantitative estimate of drug-likeness (QED) is 0.777. The van der Waals surface area contributed by atoms with Crippen LogP contribution in [0.5, 0.6) is 0 Å². The van der Waals surface area contributed by atoms with Gasteiger partial charge in [0.15, 0.2) is 0 Å². The highest BCUT2D eigenvalue weighted by Crippen LogP contribution is 2.45. The Hall–Kier alpha value is -1.14. The zero-order valence-electron chi connectivity index (χ0n) is 14.2. The lowest BCUT2D eigenvalue weighted by atomic mass is 9.63. The molecule has 6 heteroatoms. The molecule has 2 atom stereocenters. The largest absolute Gasteiger partial charge is 0.416 e. The monoisotopic (exact) mass is 359 g/mol. The highest BCUT2D eigenvalue weighted by Gasteiger charge is 2.40. The molecule has 0 spiro atoms. The molecule has 2 N–H and O–H groups in total. The van der Waals surface area contributed by atoms with Crippen molar-refractivity contribution < 1.29 is 18.3 Å². The van der Waals surface area contributed by atoms with E-state index in [1.54, 1.807) is 6.07 Å². The van der Waals surface area contributed by atoms with Crippen LogP contribution in [0.25, 0.3) is 0 Å². The number of hydrogen-bond acceptors (Lipinski definition) is 2. The number of aliphatic hydroxyl groups excluding tert-OH is 1. The van der Waals surface area contributed by atoms with Crippen LogP contribution in [0.4, 0.5) is 13.2 Å². The van der Waals surface area contributed by atoms with Gasteiger partial charge in [-0.25, -0.2) is 0 Å². The maximum atomic E-state index is 12.8. The first-order valence-corrected chi connectivity index (χ1v) is 8.45. The first kappa shape index (κ1) is 19.2. The van der Waals surface area contributed by atoms with Crippen LogP contribution in [-0.2, 0) is 6.18 Å². The lowest BCUT2D eigenvalue weighted by Gasteiger charge is -2.45. The van der Waals surface area contributed by atoms with E-state index < -0.39 is 11.7 Å². The van der Waals surface area contributed by atoms with Gasteiger partial charge in [-0.1, -0.05) is 45.1 Å². The Balaban J connectivity index is 2.05. The van der Waals surface area contributed by atoms with Gasteiger partial charge in [0.05, 0.1) is 11.7 Å². The van der Waals surface area contributed by atoms with E-state index in [0.717, 1.165) is 25.0 Å². The Morgan fingerprint density at radius 1 is 1.29 bits per heavy atom. The minimum atomic E-state index is -4.38. The molecule has 1 aliphatic rings. The molecule has 0 saturated heterocycles. The fourth-order valence-corrected chi connectivity index (χ4v) is 4.14. The molecule has 0 aromatic heterocycles. The van der Waals surface area contributed by atoms with Crippen LogP contribution in [0, 0.1) is 10.8 Å². The number of aliphatic hydroxyl groups is 1. The van der Waals surface area contributed by atoms with Crippen molar-refractivity contribution in [3.63, 3.8) is 0 Å². The predicted octanol–water partition coefficient (Wildman–Crippen LogP) is 4.55. The third-order valence-electron chi connectivity index (χ3n) is 4.55. The highest BCUT2D eigenvalue weighted by atomic mass is 32.1. The minimum absolute atomic E-state index is 0.0336. The van der Waals surface area contributed by atoms with Crippen molar-refractivity contribution in [2.75, 3.05) is 6.54 Å².